The number of nitrogens with zero attached hydrogens (tertiary/aromatic N) is 4. The molecule has 4 aromatic rings. The summed E-state index contributed by atoms with van der Waals surface area (Å²) in [6.07, 6.45) is 3.81. The molecule has 0 radical (unpaired) electrons. The zero-order valence-corrected chi connectivity index (χ0v) is 16.2. The van der Waals surface area contributed by atoms with Crippen molar-refractivity contribution in [2.24, 2.45) is 0 Å². The number of benzene rings is 2. The van der Waals surface area contributed by atoms with Crippen LogP contribution in [0.15, 0.2) is 66.9 Å². The maximum absolute atomic E-state index is 13.9. The number of halogens is 1. The van der Waals surface area contributed by atoms with Gasteiger partial charge in [0.1, 0.15) is 11.6 Å². The molecule has 1 fully saturated rings. The summed E-state index contributed by atoms with van der Waals surface area (Å²) in [4.78, 5) is 6.76. The summed E-state index contributed by atoms with van der Waals surface area (Å²) in [5.74, 6) is 0.649. The van der Waals surface area contributed by atoms with Crippen LogP contribution in [-0.2, 0) is 5.54 Å². The summed E-state index contributed by atoms with van der Waals surface area (Å²) >= 11 is 0. The number of aromatic nitrogens is 3. The Labute approximate surface area is 168 Å². The SMILES string of the molecule is CC1(c2cccc(F)c2)CCCN1c1ccc2ncc(-c3ccc(N)cc3)n2n1. The first-order chi connectivity index (χ1) is 14.0. The molecule has 0 bridgehead atoms. The van der Waals surface area contributed by atoms with Gasteiger partial charge in [-0.1, -0.05) is 24.3 Å². The molecule has 2 N–H and O–H groups in total. The summed E-state index contributed by atoms with van der Waals surface area (Å²) in [5.41, 5.74) is 9.92. The van der Waals surface area contributed by atoms with Crippen LogP contribution in [0, 0.1) is 5.82 Å². The molecule has 5 rings (SSSR count). The normalized spacial score (nSPS) is 19.2. The molecule has 1 aliphatic rings. The quantitative estimate of drug-likeness (QED) is 0.521. The van der Waals surface area contributed by atoms with E-state index < -0.39 is 0 Å². The van der Waals surface area contributed by atoms with Gasteiger partial charge in [-0.25, -0.2) is 13.9 Å². The molecule has 146 valence electrons. The van der Waals surface area contributed by atoms with E-state index in [1.165, 1.54) is 6.07 Å². The lowest BCUT2D eigenvalue weighted by Gasteiger charge is -2.36. The van der Waals surface area contributed by atoms with Crippen LogP contribution in [0.5, 0.6) is 0 Å². The Morgan fingerprint density at radius 2 is 1.90 bits per heavy atom. The van der Waals surface area contributed by atoms with Crippen LogP contribution in [-0.4, -0.2) is 21.1 Å². The van der Waals surface area contributed by atoms with Gasteiger partial charge in [-0.05, 0) is 61.7 Å². The first-order valence-electron chi connectivity index (χ1n) is 9.79. The molecular weight excluding hydrogens is 365 g/mol. The van der Waals surface area contributed by atoms with Crippen LogP contribution in [0.3, 0.4) is 0 Å². The average Bonchev–Trinajstić information content (AvgIpc) is 3.32. The van der Waals surface area contributed by atoms with Crippen molar-refractivity contribution in [2.45, 2.75) is 25.3 Å². The Hall–Kier alpha value is -3.41. The summed E-state index contributed by atoms with van der Waals surface area (Å²) in [5, 5.41) is 4.91. The van der Waals surface area contributed by atoms with Crippen LogP contribution in [0.1, 0.15) is 25.3 Å². The van der Waals surface area contributed by atoms with Gasteiger partial charge in [-0.15, -0.1) is 5.10 Å². The van der Waals surface area contributed by atoms with Gasteiger partial charge in [-0.3, -0.25) is 0 Å². The van der Waals surface area contributed by atoms with E-state index in [2.05, 4.69) is 16.8 Å². The Morgan fingerprint density at radius 3 is 2.69 bits per heavy atom. The number of hydrogen-bond acceptors (Lipinski definition) is 4. The molecule has 2 aromatic carbocycles. The number of anilines is 2. The summed E-state index contributed by atoms with van der Waals surface area (Å²) in [6, 6.07) is 18.6. The van der Waals surface area contributed by atoms with Gasteiger partial charge < -0.3 is 10.6 Å². The highest BCUT2D eigenvalue weighted by molar-refractivity contribution is 5.65. The lowest BCUT2D eigenvalue weighted by atomic mass is 9.89. The van der Waals surface area contributed by atoms with E-state index >= 15 is 0 Å². The molecule has 1 saturated heterocycles. The summed E-state index contributed by atoms with van der Waals surface area (Å²) in [6.45, 7) is 3.03. The number of imidazole rings is 1. The van der Waals surface area contributed by atoms with Gasteiger partial charge >= 0.3 is 0 Å². The predicted octanol–water partition coefficient (Wildman–Crippen LogP) is 4.63. The van der Waals surface area contributed by atoms with E-state index in [1.54, 1.807) is 12.1 Å². The van der Waals surface area contributed by atoms with Crippen molar-refractivity contribution in [3.8, 4) is 11.3 Å². The first kappa shape index (κ1) is 17.7. The van der Waals surface area contributed by atoms with E-state index in [1.807, 2.05) is 53.2 Å². The Morgan fingerprint density at radius 1 is 1.07 bits per heavy atom. The zero-order valence-electron chi connectivity index (χ0n) is 16.2. The molecule has 0 spiro atoms. The molecule has 3 heterocycles. The van der Waals surface area contributed by atoms with Crippen molar-refractivity contribution in [2.75, 3.05) is 17.2 Å². The Kier molecular flexibility index (Phi) is 4.01. The second-order valence-electron chi connectivity index (χ2n) is 7.77. The van der Waals surface area contributed by atoms with E-state index in [0.717, 1.165) is 53.4 Å². The van der Waals surface area contributed by atoms with Crippen molar-refractivity contribution in [1.29, 1.82) is 0 Å². The van der Waals surface area contributed by atoms with Crippen LogP contribution in [0.4, 0.5) is 15.9 Å². The highest BCUT2D eigenvalue weighted by Crippen LogP contribution is 2.41. The number of hydrogen-bond donors (Lipinski definition) is 1. The number of fused-ring (bicyclic) bond motifs is 1. The highest BCUT2D eigenvalue weighted by atomic mass is 19.1. The largest absolute Gasteiger partial charge is 0.399 e. The van der Waals surface area contributed by atoms with E-state index in [0.29, 0.717) is 0 Å². The molecule has 1 unspecified atom stereocenters. The van der Waals surface area contributed by atoms with Gasteiger partial charge in [0.2, 0.25) is 0 Å². The fourth-order valence-corrected chi connectivity index (χ4v) is 4.31. The lowest BCUT2D eigenvalue weighted by molar-refractivity contribution is 0.483. The van der Waals surface area contributed by atoms with Crippen molar-refractivity contribution < 1.29 is 4.39 Å². The van der Waals surface area contributed by atoms with Crippen LogP contribution in [0.2, 0.25) is 0 Å². The fourth-order valence-electron chi connectivity index (χ4n) is 4.31. The van der Waals surface area contributed by atoms with Crippen LogP contribution in [0.25, 0.3) is 16.9 Å². The molecule has 1 aliphatic heterocycles. The van der Waals surface area contributed by atoms with Gasteiger partial charge in [0, 0.05) is 17.8 Å². The number of rotatable bonds is 3. The maximum atomic E-state index is 13.9. The lowest BCUT2D eigenvalue weighted by Crippen LogP contribution is -2.39. The zero-order chi connectivity index (χ0) is 20.0. The number of nitrogens with two attached hydrogens (primary N) is 1. The maximum Gasteiger partial charge on any atom is 0.154 e. The third-order valence-corrected chi connectivity index (χ3v) is 5.92. The minimum atomic E-state index is -0.301. The fraction of sp³-hybridized carbons (Fsp3) is 0.217. The molecule has 1 atom stereocenters. The molecule has 0 saturated carbocycles. The van der Waals surface area contributed by atoms with Gasteiger partial charge in [0.25, 0.3) is 0 Å². The third-order valence-electron chi connectivity index (χ3n) is 5.92. The topological polar surface area (TPSA) is 59.5 Å². The minimum absolute atomic E-state index is 0.209. The van der Waals surface area contributed by atoms with E-state index in [-0.39, 0.29) is 11.4 Å². The van der Waals surface area contributed by atoms with Crippen LogP contribution >= 0.6 is 0 Å². The molecule has 0 aliphatic carbocycles. The Bertz CT molecular complexity index is 1180. The van der Waals surface area contributed by atoms with E-state index in [4.69, 9.17) is 10.8 Å². The second-order valence-corrected chi connectivity index (χ2v) is 7.77. The van der Waals surface area contributed by atoms with Gasteiger partial charge in [0.05, 0.1) is 17.4 Å². The average molecular weight is 387 g/mol. The predicted molar refractivity (Wildman–Crippen MR) is 113 cm³/mol. The highest BCUT2D eigenvalue weighted by Gasteiger charge is 2.39. The number of nitrogen functional groups attached to an aromatic ring is 1. The standard InChI is InChI=1S/C23H22FN5/c1-23(17-4-2-5-18(24)14-17)12-3-13-28(23)22-11-10-21-26-15-20(29(21)27-22)16-6-8-19(25)9-7-16/h2,4-11,14-15H,3,12-13,25H2,1H3. The molecule has 2 aromatic heterocycles. The van der Waals surface area contributed by atoms with E-state index in [9.17, 15) is 4.39 Å². The summed E-state index contributed by atoms with van der Waals surface area (Å²) < 4.78 is 15.8. The van der Waals surface area contributed by atoms with Gasteiger partial charge in [-0.2, -0.15) is 0 Å². The van der Waals surface area contributed by atoms with Crippen LogP contribution < -0.4 is 10.6 Å². The minimum Gasteiger partial charge on any atom is -0.399 e. The molecule has 29 heavy (non-hydrogen) atoms. The van der Waals surface area contributed by atoms with Gasteiger partial charge in [0.15, 0.2) is 5.65 Å². The third kappa shape index (κ3) is 2.92. The first-order valence-corrected chi connectivity index (χ1v) is 9.79. The van der Waals surface area contributed by atoms with Crippen molar-refractivity contribution in [1.82, 2.24) is 14.6 Å². The summed E-state index contributed by atoms with van der Waals surface area (Å²) in [7, 11) is 0. The molecule has 5 nitrogen and oxygen atoms in total. The second kappa shape index (κ2) is 6.58. The monoisotopic (exact) mass is 387 g/mol. The smallest absolute Gasteiger partial charge is 0.154 e. The molecule has 6 heteroatoms. The molecular formula is C23H22FN5. The Balaban J connectivity index is 1.59. The molecule has 0 amide bonds. The van der Waals surface area contributed by atoms with Crippen molar-refractivity contribution in [3.63, 3.8) is 0 Å². The van der Waals surface area contributed by atoms with Crippen molar-refractivity contribution in [3.05, 3.63) is 78.2 Å². The van der Waals surface area contributed by atoms with Crippen molar-refractivity contribution >= 4 is 17.2 Å².